The molecule has 0 bridgehead atoms. The average molecular weight is 323 g/mol. The quantitative estimate of drug-likeness (QED) is 0.782. The highest BCUT2D eigenvalue weighted by molar-refractivity contribution is 7.89. The van der Waals surface area contributed by atoms with Gasteiger partial charge in [-0.3, -0.25) is 4.79 Å². The van der Waals surface area contributed by atoms with Gasteiger partial charge in [0, 0.05) is 6.54 Å². The lowest BCUT2D eigenvalue weighted by Gasteiger charge is -2.14. The molecule has 0 saturated heterocycles. The van der Waals surface area contributed by atoms with E-state index in [1.54, 1.807) is 31.2 Å². The maximum absolute atomic E-state index is 12.4. The fourth-order valence-electron chi connectivity index (χ4n) is 1.83. The van der Waals surface area contributed by atoms with Gasteiger partial charge in [0.15, 0.2) is 5.03 Å². The van der Waals surface area contributed by atoms with Crippen LogP contribution in [-0.4, -0.2) is 41.9 Å². The van der Waals surface area contributed by atoms with E-state index >= 15 is 0 Å². The first-order valence-corrected chi connectivity index (χ1v) is 8.20. The molecule has 0 saturated carbocycles. The Morgan fingerprint density at radius 2 is 2.00 bits per heavy atom. The molecule has 0 aliphatic heterocycles. The van der Waals surface area contributed by atoms with Crippen LogP contribution in [0.5, 0.6) is 0 Å². The van der Waals surface area contributed by atoms with E-state index in [4.69, 9.17) is 0 Å². The van der Waals surface area contributed by atoms with Gasteiger partial charge in [0.05, 0.1) is 17.9 Å². The number of hydrogen-bond donors (Lipinski definition) is 2. The standard InChI is InChI=1S/C13H17N5O3S/c1-3-14-13(19)10(2)16-22(20,21)12-9-15-17-18(12)11-7-5-4-6-8-11/h4-10,16H,3H2,1-2H3,(H,14,19)/t10-/m0/s1. The number of nitrogens with one attached hydrogen (secondary N) is 2. The van der Waals surface area contributed by atoms with Crippen molar-refractivity contribution in [3.8, 4) is 5.69 Å². The fraction of sp³-hybridized carbons (Fsp3) is 0.308. The van der Waals surface area contributed by atoms with E-state index in [-0.39, 0.29) is 5.03 Å². The summed E-state index contributed by atoms with van der Waals surface area (Å²) in [6.07, 6.45) is 1.14. The zero-order chi connectivity index (χ0) is 16.2. The molecule has 2 aromatic rings. The summed E-state index contributed by atoms with van der Waals surface area (Å²) in [5.41, 5.74) is 0.561. The molecular formula is C13H17N5O3S. The number of aromatic nitrogens is 3. The second kappa shape index (κ2) is 6.67. The maximum atomic E-state index is 12.4. The van der Waals surface area contributed by atoms with Gasteiger partial charge in [-0.05, 0) is 26.0 Å². The number of benzene rings is 1. The Balaban J connectivity index is 2.28. The number of rotatable bonds is 6. The summed E-state index contributed by atoms with van der Waals surface area (Å²) in [6.45, 7) is 3.65. The molecule has 118 valence electrons. The third kappa shape index (κ3) is 3.49. The summed E-state index contributed by atoms with van der Waals surface area (Å²) < 4.78 is 28.3. The highest BCUT2D eigenvalue weighted by atomic mass is 32.2. The predicted octanol–water partition coefficient (Wildman–Crippen LogP) is 0.0702. The van der Waals surface area contributed by atoms with E-state index < -0.39 is 22.0 Å². The van der Waals surface area contributed by atoms with Crippen LogP contribution in [0.15, 0.2) is 41.6 Å². The summed E-state index contributed by atoms with van der Waals surface area (Å²) in [5, 5.41) is 9.86. The molecule has 8 nitrogen and oxygen atoms in total. The van der Waals surface area contributed by atoms with E-state index in [1.165, 1.54) is 11.6 Å². The van der Waals surface area contributed by atoms with Crippen molar-refractivity contribution in [1.29, 1.82) is 0 Å². The van der Waals surface area contributed by atoms with E-state index in [1.807, 2.05) is 6.07 Å². The molecule has 22 heavy (non-hydrogen) atoms. The van der Waals surface area contributed by atoms with Crippen LogP contribution in [0, 0.1) is 0 Å². The Labute approximate surface area is 128 Å². The zero-order valence-electron chi connectivity index (χ0n) is 12.2. The molecule has 0 fully saturated rings. The molecule has 1 heterocycles. The number of sulfonamides is 1. The van der Waals surface area contributed by atoms with Crippen molar-refractivity contribution in [1.82, 2.24) is 25.0 Å². The molecule has 9 heteroatoms. The minimum absolute atomic E-state index is 0.130. The van der Waals surface area contributed by atoms with Gasteiger partial charge < -0.3 is 5.32 Å². The lowest BCUT2D eigenvalue weighted by molar-refractivity contribution is -0.122. The van der Waals surface area contributed by atoms with Gasteiger partial charge in [-0.25, -0.2) is 13.1 Å². The Morgan fingerprint density at radius 1 is 1.32 bits per heavy atom. The molecule has 1 amide bonds. The molecule has 0 aliphatic rings. The van der Waals surface area contributed by atoms with Crippen molar-refractivity contribution in [2.75, 3.05) is 6.54 Å². The predicted molar refractivity (Wildman–Crippen MR) is 79.8 cm³/mol. The van der Waals surface area contributed by atoms with Gasteiger partial charge in [-0.1, -0.05) is 23.4 Å². The normalized spacial score (nSPS) is 12.8. The van der Waals surface area contributed by atoms with Crippen LogP contribution in [0.2, 0.25) is 0 Å². The smallest absolute Gasteiger partial charge is 0.260 e. The van der Waals surface area contributed by atoms with Gasteiger partial charge in [0.25, 0.3) is 10.0 Å². The molecule has 2 rings (SSSR count). The number of hydrogen-bond acceptors (Lipinski definition) is 5. The van der Waals surface area contributed by atoms with Crippen LogP contribution < -0.4 is 10.0 Å². The van der Waals surface area contributed by atoms with Crippen molar-refractivity contribution in [2.45, 2.75) is 24.9 Å². The Morgan fingerprint density at radius 3 is 2.64 bits per heavy atom. The summed E-state index contributed by atoms with van der Waals surface area (Å²) in [4.78, 5) is 11.7. The topological polar surface area (TPSA) is 106 Å². The molecule has 0 aliphatic carbocycles. The largest absolute Gasteiger partial charge is 0.355 e. The number of para-hydroxylation sites is 1. The number of nitrogens with zero attached hydrogens (tertiary/aromatic N) is 3. The lowest BCUT2D eigenvalue weighted by Crippen LogP contribution is -2.45. The van der Waals surface area contributed by atoms with E-state index in [9.17, 15) is 13.2 Å². The Hall–Kier alpha value is -2.26. The SMILES string of the molecule is CCNC(=O)[C@H](C)NS(=O)(=O)c1cnnn1-c1ccccc1. The number of carbonyl (C=O) groups excluding carboxylic acids is 1. The minimum atomic E-state index is -3.93. The molecular weight excluding hydrogens is 306 g/mol. The molecule has 2 N–H and O–H groups in total. The van der Waals surface area contributed by atoms with E-state index in [2.05, 4.69) is 20.4 Å². The monoisotopic (exact) mass is 323 g/mol. The zero-order valence-corrected chi connectivity index (χ0v) is 13.0. The maximum Gasteiger partial charge on any atom is 0.260 e. The summed E-state index contributed by atoms with van der Waals surface area (Å²) in [7, 11) is -3.93. The highest BCUT2D eigenvalue weighted by Crippen LogP contribution is 2.13. The first-order valence-electron chi connectivity index (χ1n) is 6.72. The molecule has 0 spiro atoms. The second-order valence-corrected chi connectivity index (χ2v) is 6.22. The number of likely N-dealkylation sites (N-methyl/N-ethyl adjacent to an activating group) is 1. The first-order chi connectivity index (χ1) is 10.5. The van der Waals surface area contributed by atoms with Crippen LogP contribution in [0.25, 0.3) is 5.69 Å². The number of amides is 1. The van der Waals surface area contributed by atoms with Gasteiger partial charge in [-0.15, -0.1) is 5.10 Å². The third-order valence-corrected chi connectivity index (χ3v) is 4.36. The first kappa shape index (κ1) is 16.1. The Kier molecular flexibility index (Phi) is 4.88. The third-order valence-electron chi connectivity index (χ3n) is 2.87. The van der Waals surface area contributed by atoms with Crippen molar-refractivity contribution in [3.63, 3.8) is 0 Å². The minimum Gasteiger partial charge on any atom is -0.355 e. The van der Waals surface area contributed by atoms with Gasteiger partial charge in [0.1, 0.15) is 0 Å². The molecule has 1 aromatic heterocycles. The molecule has 1 atom stereocenters. The molecule has 1 aromatic carbocycles. The lowest BCUT2D eigenvalue weighted by atomic mass is 10.3. The summed E-state index contributed by atoms with van der Waals surface area (Å²) >= 11 is 0. The van der Waals surface area contributed by atoms with Gasteiger partial charge in [0.2, 0.25) is 5.91 Å². The van der Waals surface area contributed by atoms with E-state index in [0.29, 0.717) is 12.2 Å². The molecule has 0 unspecified atom stereocenters. The number of carbonyl (C=O) groups is 1. The second-order valence-electron chi connectivity index (χ2n) is 4.56. The van der Waals surface area contributed by atoms with Crippen molar-refractivity contribution >= 4 is 15.9 Å². The van der Waals surface area contributed by atoms with Crippen molar-refractivity contribution < 1.29 is 13.2 Å². The average Bonchev–Trinajstić information content (AvgIpc) is 2.98. The van der Waals surface area contributed by atoms with Crippen LogP contribution in [0.3, 0.4) is 0 Å². The van der Waals surface area contributed by atoms with Crippen LogP contribution in [0.4, 0.5) is 0 Å². The highest BCUT2D eigenvalue weighted by Gasteiger charge is 2.26. The fourth-order valence-corrected chi connectivity index (χ4v) is 3.08. The van der Waals surface area contributed by atoms with Crippen molar-refractivity contribution in [3.05, 3.63) is 36.5 Å². The van der Waals surface area contributed by atoms with Crippen LogP contribution >= 0.6 is 0 Å². The van der Waals surface area contributed by atoms with E-state index in [0.717, 1.165) is 6.20 Å². The van der Waals surface area contributed by atoms with Gasteiger partial charge >= 0.3 is 0 Å². The summed E-state index contributed by atoms with van der Waals surface area (Å²) in [5.74, 6) is -0.398. The van der Waals surface area contributed by atoms with Gasteiger partial charge in [-0.2, -0.15) is 4.72 Å². The van der Waals surface area contributed by atoms with Crippen molar-refractivity contribution in [2.24, 2.45) is 0 Å². The van der Waals surface area contributed by atoms with Crippen LogP contribution in [-0.2, 0) is 14.8 Å². The molecule has 0 radical (unpaired) electrons. The Bertz CT molecular complexity index is 742. The summed E-state index contributed by atoms with van der Waals surface area (Å²) in [6, 6.07) is 7.85. The van der Waals surface area contributed by atoms with Crippen LogP contribution in [0.1, 0.15) is 13.8 Å².